The minimum absolute atomic E-state index is 0. The van der Waals surface area contributed by atoms with Gasteiger partial charge in [0.2, 0.25) is 0 Å². The first-order valence-electron chi connectivity index (χ1n) is 7.27. The zero-order valence-corrected chi connectivity index (χ0v) is 15.1. The fourth-order valence-electron chi connectivity index (χ4n) is 2.37. The number of rotatable bonds is 3. The summed E-state index contributed by atoms with van der Waals surface area (Å²) in [5.41, 5.74) is -0.160. The maximum Gasteiger partial charge on any atom is 0.416 e. The fraction of sp³-hybridized carbons (Fsp3) is 0.533. The number of nitrogens with one attached hydrogen (secondary N) is 1. The summed E-state index contributed by atoms with van der Waals surface area (Å²) < 4.78 is 38.1. The van der Waals surface area contributed by atoms with Crippen LogP contribution in [0.15, 0.2) is 29.3 Å². The third-order valence-corrected chi connectivity index (χ3v) is 3.46. The Morgan fingerprint density at radius 3 is 2.74 bits per heavy atom. The van der Waals surface area contributed by atoms with Crippen molar-refractivity contribution in [1.82, 2.24) is 10.2 Å². The second kappa shape index (κ2) is 8.72. The van der Waals surface area contributed by atoms with E-state index in [0.29, 0.717) is 37.6 Å². The van der Waals surface area contributed by atoms with Crippen LogP contribution in [0.2, 0.25) is 0 Å². The van der Waals surface area contributed by atoms with E-state index in [1.54, 1.807) is 6.07 Å². The number of hydrogen-bond acceptors (Lipinski definition) is 2. The highest BCUT2D eigenvalue weighted by atomic mass is 127. The number of benzene rings is 1. The molecule has 1 atom stereocenters. The number of halogens is 4. The smallest absolute Gasteiger partial charge is 0.391 e. The number of likely N-dealkylation sites (tertiary alicyclic amines) is 1. The van der Waals surface area contributed by atoms with Gasteiger partial charge in [-0.2, -0.15) is 13.2 Å². The molecule has 1 fully saturated rings. The molecule has 0 radical (unpaired) electrons. The Morgan fingerprint density at radius 2 is 2.17 bits per heavy atom. The van der Waals surface area contributed by atoms with Gasteiger partial charge in [-0.15, -0.1) is 24.0 Å². The number of aliphatic hydroxyl groups excluding tert-OH is 1. The number of alkyl halides is 3. The van der Waals surface area contributed by atoms with Gasteiger partial charge in [-0.05, 0) is 31.0 Å². The Hall–Kier alpha value is -1.03. The summed E-state index contributed by atoms with van der Waals surface area (Å²) in [4.78, 5) is 6.29. The number of guanidine groups is 1. The average molecular weight is 443 g/mol. The lowest BCUT2D eigenvalue weighted by molar-refractivity contribution is -0.137. The molecule has 1 aliphatic heterocycles. The molecule has 4 nitrogen and oxygen atoms in total. The highest BCUT2D eigenvalue weighted by Gasteiger charge is 2.30. The predicted molar refractivity (Wildman–Crippen MR) is 93.9 cm³/mol. The van der Waals surface area contributed by atoms with E-state index in [4.69, 9.17) is 0 Å². The molecule has 0 saturated carbocycles. The molecule has 2 N–H and O–H groups in total. The molecule has 1 aromatic carbocycles. The lowest BCUT2D eigenvalue weighted by Gasteiger charge is -2.21. The SMILES string of the molecule is CCNC(=NCc1cccc(C(F)(F)F)c1)N1CC[C@@H](O)C1.I. The van der Waals surface area contributed by atoms with Gasteiger partial charge < -0.3 is 15.3 Å². The number of nitrogens with zero attached hydrogens (tertiary/aromatic N) is 2. The second-order valence-electron chi connectivity index (χ2n) is 5.26. The summed E-state index contributed by atoms with van der Waals surface area (Å²) in [5.74, 6) is 0.622. The molecule has 0 amide bonds. The summed E-state index contributed by atoms with van der Waals surface area (Å²) in [5, 5.41) is 12.7. The molecule has 1 aliphatic rings. The van der Waals surface area contributed by atoms with Gasteiger partial charge in [0.05, 0.1) is 18.2 Å². The van der Waals surface area contributed by atoms with Crippen LogP contribution in [-0.2, 0) is 12.7 Å². The maximum absolute atomic E-state index is 12.7. The van der Waals surface area contributed by atoms with Crippen molar-refractivity contribution in [3.63, 3.8) is 0 Å². The molecule has 1 heterocycles. The Kier molecular flexibility index (Phi) is 7.59. The summed E-state index contributed by atoms with van der Waals surface area (Å²) in [6.07, 6.45) is -4.05. The van der Waals surface area contributed by atoms with Gasteiger partial charge in [-0.3, -0.25) is 0 Å². The molecule has 130 valence electrons. The van der Waals surface area contributed by atoms with Gasteiger partial charge in [0.15, 0.2) is 5.96 Å². The minimum atomic E-state index is -4.34. The van der Waals surface area contributed by atoms with Gasteiger partial charge in [-0.25, -0.2) is 4.99 Å². The van der Waals surface area contributed by atoms with E-state index >= 15 is 0 Å². The summed E-state index contributed by atoms with van der Waals surface area (Å²) in [7, 11) is 0. The Morgan fingerprint density at radius 1 is 1.43 bits per heavy atom. The molecule has 0 aromatic heterocycles. The zero-order valence-electron chi connectivity index (χ0n) is 12.8. The molecule has 1 aromatic rings. The van der Waals surface area contributed by atoms with Crippen molar-refractivity contribution < 1.29 is 18.3 Å². The third kappa shape index (κ3) is 5.83. The molecule has 0 aliphatic carbocycles. The molecule has 0 spiro atoms. The van der Waals surface area contributed by atoms with E-state index < -0.39 is 11.7 Å². The number of β-amino-alcohol motifs (C(OH)–C–C–N with tert-alkyl or cyclic N) is 1. The molecular formula is C15H21F3IN3O. The minimum Gasteiger partial charge on any atom is -0.391 e. The third-order valence-electron chi connectivity index (χ3n) is 3.46. The molecule has 0 bridgehead atoms. The average Bonchev–Trinajstić information content (AvgIpc) is 2.89. The number of hydrogen-bond donors (Lipinski definition) is 2. The van der Waals surface area contributed by atoms with Crippen molar-refractivity contribution in [3.8, 4) is 0 Å². The standard InChI is InChI=1S/C15H20F3N3O.HI/c1-2-19-14(21-7-6-13(22)10-21)20-9-11-4-3-5-12(8-11)15(16,17)18;/h3-5,8,13,22H,2,6-7,9-10H2,1H3,(H,19,20);1H/t13-;/m1./s1. The Balaban J connectivity index is 0.00000264. The quantitative estimate of drug-likeness (QED) is 0.429. The van der Waals surface area contributed by atoms with E-state index in [2.05, 4.69) is 10.3 Å². The maximum atomic E-state index is 12.7. The normalized spacial score (nSPS) is 18.7. The van der Waals surface area contributed by atoms with E-state index in [0.717, 1.165) is 12.1 Å². The molecule has 0 unspecified atom stereocenters. The van der Waals surface area contributed by atoms with Crippen molar-refractivity contribution in [3.05, 3.63) is 35.4 Å². The topological polar surface area (TPSA) is 47.9 Å². The van der Waals surface area contributed by atoms with Gasteiger partial charge in [0.1, 0.15) is 0 Å². The van der Waals surface area contributed by atoms with E-state index in [1.807, 2.05) is 11.8 Å². The second-order valence-corrected chi connectivity index (χ2v) is 5.26. The molecule has 1 saturated heterocycles. The predicted octanol–water partition coefficient (Wildman–Crippen LogP) is 2.86. The number of aliphatic imine (C=N–C) groups is 1. The molecular weight excluding hydrogens is 422 g/mol. The van der Waals surface area contributed by atoms with Crippen molar-refractivity contribution in [2.24, 2.45) is 4.99 Å². The highest BCUT2D eigenvalue weighted by molar-refractivity contribution is 14.0. The van der Waals surface area contributed by atoms with Crippen LogP contribution >= 0.6 is 24.0 Å². The van der Waals surface area contributed by atoms with Crippen molar-refractivity contribution in [2.75, 3.05) is 19.6 Å². The van der Waals surface area contributed by atoms with E-state index in [9.17, 15) is 18.3 Å². The van der Waals surface area contributed by atoms with Gasteiger partial charge >= 0.3 is 6.18 Å². The van der Waals surface area contributed by atoms with Crippen LogP contribution in [0.5, 0.6) is 0 Å². The largest absolute Gasteiger partial charge is 0.416 e. The van der Waals surface area contributed by atoms with Crippen LogP contribution < -0.4 is 5.32 Å². The van der Waals surface area contributed by atoms with Crippen molar-refractivity contribution >= 4 is 29.9 Å². The first-order chi connectivity index (χ1) is 10.4. The molecule has 23 heavy (non-hydrogen) atoms. The highest BCUT2D eigenvalue weighted by Crippen LogP contribution is 2.29. The van der Waals surface area contributed by atoms with Crippen molar-refractivity contribution in [1.29, 1.82) is 0 Å². The molecule has 2 rings (SSSR count). The van der Waals surface area contributed by atoms with Crippen LogP contribution in [-0.4, -0.2) is 41.7 Å². The van der Waals surface area contributed by atoms with Crippen molar-refractivity contribution in [2.45, 2.75) is 32.2 Å². The first-order valence-corrected chi connectivity index (χ1v) is 7.27. The lowest BCUT2D eigenvalue weighted by atomic mass is 10.1. The Labute approximate surface area is 150 Å². The van der Waals surface area contributed by atoms with E-state index in [1.165, 1.54) is 6.07 Å². The van der Waals surface area contributed by atoms with Crippen LogP contribution in [0.25, 0.3) is 0 Å². The van der Waals surface area contributed by atoms with Crippen LogP contribution in [0.4, 0.5) is 13.2 Å². The Bertz CT molecular complexity index is 537. The summed E-state index contributed by atoms with van der Waals surface area (Å²) >= 11 is 0. The van der Waals surface area contributed by atoms with Crippen LogP contribution in [0.1, 0.15) is 24.5 Å². The van der Waals surface area contributed by atoms with Gasteiger partial charge in [0.25, 0.3) is 0 Å². The van der Waals surface area contributed by atoms with Crippen LogP contribution in [0, 0.1) is 0 Å². The van der Waals surface area contributed by atoms with Crippen LogP contribution in [0.3, 0.4) is 0 Å². The lowest BCUT2D eigenvalue weighted by Crippen LogP contribution is -2.40. The van der Waals surface area contributed by atoms with Gasteiger partial charge in [-0.1, -0.05) is 12.1 Å². The summed E-state index contributed by atoms with van der Waals surface area (Å²) in [6.45, 7) is 3.93. The monoisotopic (exact) mass is 443 g/mol. The number of aliphatic hydroxyl groups is 1. The van der Waals surface area contributed by atoms with Gasteiger partial charge in [0, 0.05) is 19.6 Å². The molecule has 8 heteroatoms. The fourth-order valence-corrected chi connectivity index (χ4v) is 2.37. The zero-order chi connectivity index (χ0) is 16.2. The first kappa shape index (κ1) is 20.0. The van der Waals surface area contributed by atoms with E-state index in [-0.39, 0.29) is 36.6 Å². The summed E-state index contributed by atoms with van der Waals surface area (Å²) in [6, 6.07) is 5.18.